The van der Waals surface area contributed by atoms with E-state index in [1.807, 2.05) is 54.9 Å². The van der Waals surface area contributed by atoms with Crippen molar-refractivity contribution < 1.29 is 23.2 Å². The minimum Gasteiger partial charge on any atom is -0.435 e. The summed E-state index contributed by atoms with van der Waals surface area (Å²) >= 11 is 1.61. The lowest BCUT2D eigenvalue weighted by Crippen LogP contribution is -3.08. The number of carbonyl (C=O) groups excluding carboxylic acids is 1. The van der Waals surface area contributed by atoms with Crippen LogP contribution in [-0.2, 0) is 11.3 Å². The Labute approximate surface area is 172 Å². The molecule has 7 heteroatoms. The van der Waals surface area contributed by atoms with Gasteiger partial charge in [0.15, 0.2) is 6.54 Å². The number of quaternary nitrogens is 1. The Morgan fingerprint density at radius 1 is 1.07 bits per heavy atom. The molecular formula is C22H23F2N2O2S+. The fourth-order valence-corrected chi connectivity index (χ4v) is 3.91. The van der Waals surface area contributed by atoms with Crippen LogP contribution in [0.2, 0.25) is 0 Å². The molecule has 2 N–H and O–H groups in total. The van der Waals surface area contributed by atoms with E-state index >= 15 is 0 Å². The highest BCUT2D eigenvalue weighted by Gasteiger charge is 2.20. The minimum absolute atomic E-state index is 0.0533. The number of hydrogen-bond donors (Lipinski definition) is 2. The third-order valence-corrected chi connectivity index (χ3v) is 5.32. The van der Waals surface area contributed by atoms with Crippen molar-refractivity contribution in [1.82, 2.24) is 5.32 Å². The topological polar surface area (TPSA) is 42.8 Å². The van der Waals surface area contributed by atoms with Crippen molar-refractivity contribution in [3.63, 3.8) is 0 Å². The van der Waals surface area contributed by atoms with E-state index in [9.17, 15) is 13.6 Å². The summed E-state index contributed by atoms with van der Waals surface area (Å²) in [4.78, 5) is 14.7. The number of ether oxygens (including phenoxy) is 1. The molecule has 0 saturated heterocycles. The smallest absolute Gasteiger partial charge is 0.387 e. The maximum Gasteiger partial charge on any atom is 0.387 e. The van der Waals surface area contributed by atoms with Crippen LogP contribution in [0.5, 0.6) is 5.75 Å². The second-order valence-electron chi connectivity index (χ2n) is 6.76. The van der Waals surface area contributed by atoms with Crippen LogP contribution >= 0.6 is 11.3 Å². The SMILES string of the molecule is C[NH+](CC(=O)N[C@@H](c1ccccc1)c1cccs1)Cc1ccc(OC(F)F)cc1. The highest BCUT2D eigenvalue weighted by Crippen LogP contribution is 2.25. The third-order valence-electron chi connectivity index (χ3n) is 4.38. The van der Waals surface area contributed by atoms with Crippen molar-refractivity contribution in [1.29, 1.82) is 0 Å². The lowest BCUT2D eigenvalue weighted by Gasteiger charge is -2.20. The molecule has 3 aromatic rings. The van der Waals surface area contributed by atoms with Gasteiger partial charge in [0.05, 0.1) is 13.1 Å². The van der Waals surface area contributed by atoms with Gasteiger partial charge in [-0.25, -0.2) is 0 Å². The Hall–Kier alpha value is -2.77. The molecule has 1 amide bonds. The van der Waals surface area contributed by atoms with E-state index in [0.717, 1.165) is 20.9 Å². The first-order valence-electron chi connectivity index (χ1n) is 9.24. The first kappa shape index (κ1) is 21.0. The largest absolute Gasteiger partial charge is 0.435 e. The Balaban J connectivity index is 1.58. The van der Waals surface area contributed by atoms with Crippen molar-refractivity contribution in [3.8, 4) is 5.75 Å². The monoisotopic (exact) mass is 417 g/mol. The van der Waals surface area contributed by atoms with Crippen molar-refractivity contribution in [2.24, 2.45) is 0 Å². The van der Waals surface area contributed by atoms with Gasteiger partial charge in [0.1, 0.15) is 12.3 Å². The van der Waals surface area contributed by atoms with Crippen LogP contribution in [0.1, 0.15) is 22.0 Å². The minimum atomic E-state index is -2.83. The Kier molecular flexibility index (Phi) is 7.32. The van der Waals surface area contributed by atoms with Crippen LogP contribution in [0.15, 0.2) is 72.1 Å². The fraction of sp³-hybridized carbons (Fsp3) is 0.227. The Morgan fingerprint density at radius 3 is 2.41 bits per heavy atom. The summed E-state index contributed by atoms with van der Waals surface area (Å²) in [6.07, 6.45) is 0. The van der Waals surface area contributed by atoms with Gasteiger partial charge < -0.3 is 15.0 Å². The number of rotatable bonds is 9. The fourth-order valence-electron chi connectivity index (χ4n) is 3.11. The highest BCUT2D eigenvalue weighted by molar-refractivity contribution is 7.10. The molecule has 0 aliphatic carbocycles. The zero-order valence-corrected chi connectivity index (χ0v) is 16.8. The highest BCUT2D eigenvalue weighted by atomic mass is 32.1. The van der Waals surface area contributed by atoms with E-state index < -0.39 is 6.61 Å². The molecule has 1 unspecified atom stereocenters. The van der Waals surface area contributed by atoms with Gasteiger partial charge in [-0.15, -0.1) is 11.3 Å². The van der Waals surface area contributed by atoms with Gasteiger partial charge in [0.2, 0.25) is 0 Å². The number of alkyl halides is 2. The van der Waals surface area contributed by atoms with Gasteiger partial charge in [-0.3, -0.25) is 4.79 Å². The van der Waals surface area contributed by atoms with Gasteiger partial charge >= 0.3 is 6.61 Å². The second-order valence-corrected chi connectivity index (χ2v) is 7.74. The van der Waals surface area contributed by atoms with Crippen molar-refractivity contribution in [2.45, 2.75) is 19.2 Å². The van der Waals surface area contributed by atoms with Crippen LogP contribution in [0.3, 0.4) is 0 Å². The zero-order chi connectivity index (χ0) is 20.6. The summed E-state index contributed by atoms with van der Waals surface area (Å²) in [5.41, 5.74) is 1.98. The molecule has 0 bridgehead atoms. The van der Waals surface area contributed by atoms with Crippen LogP contribution < -0.4 is 15.0 Å². The molecule has 2 atom stereocenters. The van der Waals surface area contributed by atoms with Gasteiger partial charge in [0.25, 0.3) is 5.91 Å². The Bertz CT molecular complexity index is 887. The molecule has 1 aromatic heterocycles. The Morgan fingerprint density at radius 2 is 1.79 bits per heavy atom. The quantitative estimate of drug-likeness (QED) is 0.561. The number of hydrogen-bond acceptors (Lipinski definition) is 3. The van der Waals surface area contributed by atoms with Crippen molar-refractivity contribution in [3.05, 3.63) is 88.1 Å². The van der Waals surface area contributed by atoms with Crippen LogP contribution in [-0.4, -0.2) is 26.1 Å². The van der Waals surface area contributed by atoms with Crippen LogP contribution in [0, 0.1) is 0 Å². The van der Waals surface area contributed by atoms with Gasteiger partial charge in [-0.2, -0.15) is 8.78 Å². The summed E-state index contributed by atoms with van der Waals surface area (Å²) in [6, 6.07) is 20.2. The van der Waals surface area contributed by atoms with Crippen molar-refractivity contribution >= 4 is 17.2 Å². The lowest BCUT2D eigenvalue weighted by molar-refractivity contribution is -0.885. The average Bonchev–Trinajstić information content (AvgIpc) is 3.22. The summed E-state index contributed by atoms with van der Waals surface area (Å²) in [7, 11) is 1.92. The van der Waals surface area contributed by atoms with E-state index in [1.165, 1.54) is 12.1 Å². The maximum atomic E-state index is 12.7. The average molecular weight is 418 g/mol. The van der Waals surface area contributed by atoms with E-state index in [0.29, 0.717) is 13.1 Å². The van der Waals surface area contributed by atoms with E-state index in [4.69, 9.17) is 0 Å². The zero-order valence-electron chi connectivity index (χ0n) is 16.0. The molecule has 0 aliphatic heterocycles. The summed E-state index contributed by atoms with van der Waals surface area (Å²) < 4.78 is 28.8. The number of thiophene rings is 1. The number of nitrogens with one attached hydrogen (secondary N) is 2. The molecule has 3 rings (SSSR count). The summed E-state index contributed by atoms with van der Waals surface area (Å²) in [5.74, 6) is 0.0724. The second kappa shape index (κ2) is 10.1. The predicted molar refractivity (Wildman–Crippen MR) is 109 cm³/mol. The molecule has 0 fully saturated rings. The number of amides is 1. The molecule has 0 spiro atoms. The maximum absolute atomic E-state index is 12.7. The predicted octanol–water partition coefficient (Wildman–Crippen LogP) is 3.27. The van der Waals surface area contributed by atoms with E-state index in [2.05, 4.69) is 10.1 Å². The van der Waals surface area contributed by atoms with Crippen molar-refractivity contribution in [2.75, 3.05) is 13.6 Å². The molecule has 29 heavy (non-hydrogen) atoms. The van der Waals surface area contributed by atoms with Gasteiger partial charge in [-0.1, -0.05) is 36.4 Å². The molecule has 0 aliphatic rings. The summed E-state index contributed by atoms with van der Waals surface area (Å²) in [6.45, 7) is -1.94. The molecule has 0 radical (unpaired) electrons. The number of likely N-dealkylation sites (N-methyl/N-ethyl adjacent to an activating group) is 1. The van der Waals surface area contributed by atoms with Gasteiger partial charge in [-0.05, 0) is 41.3 Å². The molecule has 2 aromatic carbocycles. The molecule has 0 saturated carbocycles. The van der Waals surface area contributed by atoms with Crippen LogP contribution in [0.25, 0.3) is 0 Å². The number of carbonyl (C=O) groups is 1. The molecule has 152 valence electrons. The number of halogens is 2. The van der Waals surface area contributed by atoms with E-state index in [1.54, 1.807) is 23.5 Å². The lowest BCUT2D eigenvalue weighted by atomic mass is 10.1. The summed E-state index contributed by atoms with van der Waals surface area (Å²) in [5, 5.41) is 5.13. The first-order chi connectivity index (χ1) is 14.0. The standard InChI is InChI=1S/C22H22F2N2O2S/c1-26(14-16-9-11-18(12-10-16)28-22(23)24)15-20(27)25-21(19-8-5-13-29-19)17-6-3-2-4-7-17/h2-13,21-22H,14-15H2,1H3,(H,25,27)/p+1/t21-/m0/s1. The molecular weight excluding hydrogens is 394 g/mol. The van der Waals surface area contributed by atoms with Gasteiger partial charge in [0, 0.05) is 10.4 Å². The normalized spacial score (nSPS) is 13.1. The molecule has 4 nitrogen and oxygen atoms in total. The first-order valence-corrected chi connectivity index (χ1v) is 10.1. The third kappa shape index (κ3) is 6.37. The van der Waals surface area contributed by atoms with E-state index in [-0.39, 0.29) is 17.7 Å². The van der Waals surface area contributed by atoms with Crippen LogP contribution in [0.4, 0.5) is 8.78 Å². The molecule has 1 heterocycles. The number of benzene rings is 2.